The van der Waals surface area contributed by atoms with Crippen molar-refractivity contribution in [2.24, 2.45) is 0 Å². The van der Waals surface area contributed by atoms with Crippen molar-refractivity contribution in [1.82, 2.24) is 5.32 Å². The quantitative estimate of drug-likeness (QED) is 0.587. The molecule has 0 aromatic carbocycles. The maximum atomic E-state index is 11.5. The van der Waals surface area contributed by atoms with Crippen LogP contribution in [0, 0.1) is 0 Å². The van der Waals surface area contributed by atoms with E-state index in [4.69, 9.17) is 4.74 Å². The van der Waals surface area contributed by atoms with Gasteiger partial charge in [0.1, 0.15) is 6.10 Å². The number of carbonyl (C=O) groups is 1. The monoisotopic (exact) mass is 241 g/mol. The van der Waals surface area contributed by atoms with Crippen LogP contribution in [0.15, 0.2) is 17.5 Å². The van der Waals surface area contributed by atoms with Gasteiger partial charge in [-0.05, 0) is 31.3 Å². The van der Waals surface area contributed by atoms with E-state index in [-0.39, 0.29) is 12.1 Å². The number of carbonyl (C=O) groups excluding carboxylic acids is 1. The lowest BCUT2D eigenvalue weighted by Gasteiger charge is -2.13. The molecule has 0 saturated carbocycles. The SMILES string of the molecule is CCCNCC(C)OC(=O)Cc1cccs1. The Morgan fingerprint density at radius 2 is 2.44 bits per heavy atom. The first-order valence-electron chi connectivity index (χ1n) is 5.65. The lowest BCUT2D eigenvalue weighted by molar-refractivity contribution is -0.147. The summed E-state index contributed by atoms with van der Waals surface area (Å²) < 4.78 is 5.28. The van der Waals surface area contributed by atoms with Gasteiger partial charge in [-0.1, -0.05) is 13.0 Å². The molecule has 16 heavy (non-hydrogen) atoms. The standard InChI is InChI=1S/C12H19NO2S/c1-3-6-13-9-10(2)15-12(14)8-11-5-4-7-16-11/h4-5,7,10,13H,3,6,8-9H2,1-2H3. The second kappa shape index (κ2) is 7.41. The van der Waals surface area contributed by atoms with Crippen LogP contribution >= 0.6 is 11.3 Å². The Kier molecular flexibility index (Phi) is 6.11. The normalized spacial score (nSPS) is 12.4. The molecule has 1 N–H and O–H groups in total. The Morgan fingerprint density at radius 1 is 1.62 bits per heavy atom. The maximum absolute atomic E-state index is 11.5. The second-order valence-corrected chi connectivity index (χ2v) is 4.79. The number of rotatable bonds is 7. The van der Waals surface area contributed by atoms with Crippen molar-refractivity contribution in [2.45, 2.75) is 32.8 Å². The minimum atomic E-state index is -0.145. The molecule has 0 fully saturated rings. The molecule has 4 heteroatoms. The molecule has 0 saturated heterocycles. The van der Waals surface area contributed by atoms with Gasteiger partial charge in [-0.15, -0.1) is 11.3 Å². The van der Waals surface area contributed by atoms with Crippen LogP contribution in [0.3, 0.4) is 0 Å². The zero-order valence-corrected chi connectivity index (χ0v) is 10.7. The predicted molar refractivity (Wildman–Crippen MR) is 66.7 cm³/mol. The van der Waals surface area contributed by atoms with E-state index in [2.05, 4.69) is 12.2 Å². The van der Waals surface area contributed by atoms with Gasteiger partial charge < -0.3 is 10.1 Å². The van der Waals surface area contributed by atoms with Gasteiger partial charge in [0.2, 0.25) is 0 Å². The third kappa shape index (κ3) is 5.28. The van der Waals surface area contributed by atoms with Crippen LogP contribution in [-0.4, -0.2) is 25.2 Å². The van der Waals surface area contributed by atoms with E-state index in [0.717, 1.165) is 24.4 Å². The zero-order chi connectivity index (χ0) is 11.8. The number of thiophene rings is 1. The molecule has 1 aromatic rings. The van der Waals surface area contributed by atoms with Crippen molar-refractivity contribution in [3.8, 4) is 0 Å². The summed E-state index contributed by atoms with van der Waals surface area (Å²) in [4.78, 5) is 12.6. The summed E-state index contributed by atoms with van der Waals surface area (Å²) in [5.41, 5.74) is 0. The van der Waals surface area contributed by atoms with Gasteiger partial charge in [0, 0.05) is 11.4 Å². The van der Waals surface area contributed by atoms with E-state index >= 15 is 0 Å². The summed E-state index contributed by atoms with van der Waals surface area (Å²) >= 11 is 1.58. The molecule has 1 atom stereocenters. The largest absolute Gasteiger partial charge is 0.461 e. The average molecular weight is 241 g/mol. The first kappa shape index (κ1) is 13.2. The van der Waals surface area contributed by atoms with Crippen LogP contribution in [0.4, 0.5) is 0 Å². The van der Waals surface area contributed by atoms with E-state index in [1.807, 2.05) is 24.4 Å². The van der Waals surface area contributed by atoms with Gasteiger partial charge in [0.05, 0.1) is 6.42 Å². The van der Waals surface area contributed by atoms with Crippen molar-refractivity contribution in [1.29, 1.82) is 0 Å². The highest BCUT2D eigenvalue weighted by atomic mass is 32.1. The third-order valence-corrected chi connectivity index (χ3v) is 2.97. The van der Waals surface area contributed by atoms with Crippen molar-refractivity contribution < 1.29 is 9.53 Å². The van der Waals surface area contributed by atoms with Crippen molar-refractivity contribution in [3.05, 3.63) is 22.4 Å². The van der Waals surface area contributed by atoms with Gasteiger partial charge in [-0.25, -0.2) is 0 Å². The second-order valence-electron chi connectivity index (χ2n) is 3.76. The Morgan fingerprint density at radius 3 is 3.06 bits per heavy atom. The number of esters is 1. The van der Waals surface area contributed by atoms with Crippen molar-refractivity contribution in [2.75, 3.05) is 13.1 Å². The first-order valence-corrected chi connectivity index (χ1v) is 6.53. The number of hydrogen-bond donors (Lipinski definition) is 1. The van der Waals surface area contributed by atoms with Gasteiger partial charge in [-0.3, -0.25) is 4.79 Å². The Balaban J connectivity index is 2.18. The fraction of sp³-hybridized carbons (Fsp3) is 0.583. The van der Waals surface area contributed by atoms with Gasteiger partial charge in [0.15, 0.2) is 0 Å². The average Bonchev–Trinajstić information content (AvgIpc) is 2.70. The third-order valence-electron chi connectivity index (χ3n) is 2.09. The van der Waals surface area contributed by atoms with Crippen LogP contribution in [0.25, 0.3) is 0 Å². The van der Waals surface area contributed by atoms with Crippen LogP contribution < -0.4 is 5.32 Å². The Bertz CT molecular complexity index is 298. The minimum absolute atomic E-state index is 0.0565. The zero-order valence-electron chi connectivity index (χ0n) is 9.86. The van der Waals surface area contributed by atoms with Gasteiger partial charge in [0.25, 0.3) is 0 Å². The molecule has 1 rings (SSSR count). The molecule has 1 aromatic heterocycles. The van der Waals surface area contributed by atoms with Crippen molar-refractivity contribution >= 4 is 17.3 Å². The maximum Gasteiger partial charge on any atom is 0.311 e. The summed E-state index contributed by atoms with van der Waals surface area (Å²) in [6.07, 6.45) is 1.42. The summed E-state index contributed by atoms with van der Waals surface area (Å²) in [6, 6.07) is 3.89. The number of hydrogen-bond acceptors (Lipinski definition) is 4. The van der Waals surface area contributed by atoms with E-state index in [1.165, 1.54) is 0 Å². The van der Waals surface area contributed by atoms with Crippen LogP contribution in [0.2, 0.25) is 0 Å². The molecule has 0 aliphatic carbocycles. The summed E-state index contributed by atoms with van der Waals surface area (Å²) in [5.74, 6) is -0.145. The molecule has 0 aliphatic heterocycles. The fourth-order valence-corrected chi connectivity index (χ4v) is 2.04. The summed E-state index contributed by atoms with van der Waals surface area (Å²) in [7, 11) is 0. The predicted octanol–water partition coefficient (Wildman–Crippen LogP) is 2.22. The number of ether oxygens (including phenoxy) is 1. The molecular weight excluding hydrogens is 222 g/mol. The smallest absolute Gasteiger partial charge is 0.311 e. The molecule has 3 nitrogen and oxygen atoms in total. The van der Waals surface area contributed by atoms with Crippen LogP contribution in [-0.2, 0) is 16.0 Å². The molecule has 0 spiro atoms. The van der Waals surface area contributed by atoms with E-state index in [0.29, 0.717) is 6.42 Å². The molecule has 0 amide bonds. The Labute approximate surface area is 101 Å². The minimum Gasteiger partial charge on any atom is -0.461 e. The highest BCUT2D eigenvalue weighted by molar-refractivity contribution is 7.10. The van der Waals surface area contributed by atoms with Crippen molar-refractivity contribution in [3.63, 3.8) is 0 Å². The van der Waals surface area contributed by atoms with E-state index in [1.54, 1.807) is 11.3 Å². The summed E-state index contributed by atoms with van der Waals surface area (Å²) in [5, 5.41) is 5.19. The molecular formula is C12H19NO2S. The van der Waals surface area contributed by atoms with E-state index in [9.17, 15) is 4.79 Å². The van der Waals surface area contributed by atoms with Gasteiger partial charge >= 0.3 is 5.97 Å². The Hall–Kier alpha value is -0.870. The summed E-state index contributed by atoms with van der Waals surface area (Å²) in [6.45, 7) is 5.71. The molecule has 0 bridgehead atoms. The molecule has 1 unspecified atom stereocenters. The van der Waals surface area contributed by atoms with Gasteiger partial charge in [-0.2, -0.15) is 0 Å². The lowest BCUT2D eigenvalue weighted by atomic mass is 10.3. The molecule has 0 aliphatic rings. The molecule has 90 valence electrons. The van der Waals surface area contributed by atoms with E-state index < -0.39 is 0 Å². The van der Waals surface area contributed by atoms with Crippen LogP contribution in [0.5, 0.6) is 0 Å². The molecule has 1 heterocycles. The highest BCUT2D eigenvalue weighted by Gasteiger charge is 2.10. The lowest BCUT2D eigenvalue weighted by Crippen LogP contribution is -2.29. The topological polar surface area (TPSA) is 38.3 Å². The highest BCUT2D eigenvalue weighted by Crippen LogP contribution is 2.10. The molecule has 0 radical (unpaired) electrons. The van der Waals surface area contributed by atoms with Crippen LogP contribution in [0.1, 0.15) is 25.1 Å². The number of nitrogens with one attached hydrogen (secondary N) is 1. The first-order chi connectivity index (χ1) is 7.72. The fourth-order valence-electron chi connectivity index (χ4n) is 1.35.